The van der Waals surface area contributed by atoms with Crippen LogP contribution in [0.5, 0.6) is 0 Å². The number of hydrogen-bond acceptors (Lipinski definition) is 5. The van der Waals surface area contributed by atoms with Gasteiger partial charge in [0.2, 0.25) is 5.13 Å². The highest BCUT2D eigenvalue weighted by atomic mass is 79.9. The molecule has 2 N–H and O–H groups in total. The lowest BCUT2D eigenvalue weighted by Gasteiger charge is -2.14. The predicted octanol–water partition coefficient (Wildman–Crippen LogP) is 6.12. The fourth-order valence-electron chi connectivity index (χ4n) is 2.87. The molecule has 0 amide bonds. The van der Waals surface area contributed by atoms with E-state index < -0.39 is 6.10 Å². The smallest absolute Gasteiger partial charge is 0.203 e. The van der Waals surface area contributed by atoms with E-state index in [4.69, 9.17) is 0 Å². The Labute approximate surface area is 181 Å². The molecule has 3 aromatic carbocycles. The molecule has 0 saturated heterocycles. The fourth-order valence-corrected chi connectivity index (χ4v) is 3.80. The number of anilines is 1. The van der Waals surface area contributed by atoms with E-state index in [0.717, 1.165) is 26.9 Å². The summed E-state index contributed by atoms with van der Waals surface area (Å²) in [4.78, 5) is 4.61. The Morgan fingerprint density at radius 3 is 2.28 bits per heavy atom. The lowest BCUT2D eigenvalue weighted by atomic mass is 9.99. The summed E-state index contributed by atoms with van der Waals surface area (Å²) in [5, 5.41) is 18.1. The highest BCUT2D eigenvalue weighted by Gasteiger charge is 2.17. The lowest BCUT2D eigenvalue weighted by Crippen LogP contribution is -2.15. The molecule has 4 nitrogen and oxygen atoms in total. The summed E-state index contributed by atoms with van der Waals surface area (Å²) in [5.74, 6) is 0. The molecule has 1 unspecified atom stereocenters. The number of rotatable bonds is 6. The summed E-state index contributed by atoms with van der Waals surface area (Å²) < 4.78 is 1.03. The first-order valence-electron chi connectivity index (χ1n) is 9.04. The van der Waals surface area contributed by atoms with E-state index in [-0.39, 0.29) is 0 Å². The van der Waals surface area contributed by atoms with E-state index in [1.165, 1.54) is 11.3 Å². The Kier molecular flexibility index (Phi) is 6.14. The van der Waals surface area contributed by atoms with E-state index in [2.05, 4.69) is 31.4 Å². The van der Waals surface area contributed by atoms with Crippen LogP contribution in [0.2, 0.25) is 0 Å². The molecule has 0 bridgehead atoms. The van der Waals surface area contributed by atoms with Gasteiger partial charge >= 0.3 is 0 Å². The van der Waals surface area contributed by atoms with Crippen molar-refractivity contribution in [2.24, 2.45) is 5.10 Å². The van der Waals surface area contributed by atoms with Crippen molar-refractivity contribution < 1.29 is 5.11 Å². The quantitative estimate of drug-likeness (QED) is 0.267. The van der Waals surface area contributed by atoms with Crippen LogP contribution in [0.3, 0.4) is 0 Å². The molecule has 4 rings (SSSR count). The molecule has 0 spiro atoms. The number of aliphatic hydroxyl groups is 1. The second-order valence-electron chi connectivity index (χ2n) is 6.33. The van der Waals surface area contributed by atoms with Crippen molar-refractivity contribution in [1.82, 2.24) is 4.98 Å². The van der Waals surface area contributed by atoms with Gasteiger partial charge in [-0.15, -0.1) is 11.3 Å². The van der Waals surface area contributed by atoms with Crippen molar-refractivity contribution in [3.63, 3.8) is 0 Å². The normalized spacial score (nSPS) is 12.6. The minimum Gasteiger partial charge on any atom is -0.382 e. The predicted molar refractivity (Wildman–Crippen MR) is 123 cm³/mol. The van der Waals surface area contributed by atoms with Gasteiger partial charge < -0.3 is 5.11 Å². The highest BCUT2D eigenvalue weighted by molar-refractivity contribution is 9.10. The SMILES string of the molecule is OC(/C(=N\Nc1nc(-c2ccc(Br)cc2)cs1)c1ccccc1)c1ccccc1. The van der Waals surface area contributed by atoms with Crippen LogP contribution in [0.4, 0.5) is 5.13 Å². The molecule has 0 radical (unpaired) electrons. The molecule has 0 saturated carbocycles. The molecule has 0 aliphatic carbocycles. The van der Waals surface area contributed by atoms with Gasteiger partial charge in [0, 0.05) is 21.0 Å². The van der Waals surface area contributed by atoms with Crippen molar-refractivity contribution in [2.45, 2.75) is 6.10 Å². The number of hydrazone groups is 1. The van der Waals surface area contributed by atoms with Crippen LogP contribution in [0.15, 0.2) is 99.9 Å². The molecule has 29 heavy (non-hydrogen) atoms. The average molecular weight is 464 g/mol. The number of halogens is 1. The van der Waals surface area contributed by atoms with Crippen LogP contribution < -0.4 is 5.43 Å². The van der Waals surface area contributed by atoms with E-state index in [1.54, 1.807) is 0 Å². The van der Waals surface area contributed by atoms with Gasteiger partial charge in [-0.2, -0.15) is 5.10 Å². The number of nitrogens with zero attached hydrogens (tertiary/aromatic N) is 2. The Morgan fingerprint density at radius 2 is 1.59 bits per heavy atom. The number of nitrogens with one attached hydrogen (secondary N) is 1. The van der Waals surface area contributed by atoms with Gasteiger partial charge in [0.25, 0.3) is 0 Å². The first kappa shape index (κ1) is 19.5. The van der Waals surface area contributed by atoms with Gasteiger partial charge in [0.05, 0.1) is 5.69 Å². The largest absolute Gasteiger partial charge is 0.382 e. The second-order valence-corrected chi connectivity index (χ2v) is 8.11. The van der Waals surface area contributed by atoms with Crippen molar-refractivity contribution in [3.05, 3.63) is 106 Å². The summed E-state index contributed by atoms with van der Waals surface area (Å²) in [5.41, 5.74) is 7.11. The minimum atomic E-state index is -0.850. The summed E-state index contributed by atoms with van der Waals surface area (Å²) in [6.07, 6.45) is -0.850. The highest BCUT2D eigenvalue weighted by Crippen LogP contribution is 2.27. The Balaban J connectivity index is 1.61. The maximum Gasteiger partial charge on any atom is 0.203 e. The van der Waals surface area contributed by atoms with Gasteiger partial charge in [-0.1, -0.05) is 88.7 Å². The standard InChI is InChI=1S/C23H18BrN3OS/c24-19-13-11-16(12-14-19)20-15-29-23(25-20)27-26-21(17-7-3-1-4-8-17)22(28)18-9-5-2-6-10-18/h1-15,22,28H,(H,25,27)/b26-21-. The minimum absolute atomic E-state index is 0.539. The number of aliphatic hydroxyl groups excluding tert-OH is 1. The number of hydrogen-bond donors (Lipinski definition) is 2. The Hall–Kier alpha value is -2.80. The first-order valence-corrected chi connectivity index (χ1v) is 10.7. The maximum absolute atomic E-state index is 10.9. The summed E-state index contributed by atoms with van der Waals surface area (Å²) in [6, 6.07) is 27.2. The molecule has 0 aliphatic heterocycles. The average Bonchev–Trinajstić information content (AvgIpc) is 3.24. The number of thiazole rings is 1. The molecule has 0 aliphatic rings. The molecule has 1 aromatic heterocycles. The van der Waals surface area contributed by atoms with E-state index >= 15 is 0 Å². The first-order chi connectivity index (χ1) is 14.2. The topological polar surface area (TPSA) is 57.5 Å². The maximum atomic E-state index is 10.9. The zero-order valence-corrected chi connectivity index (χ0v) is 17.8. The molecular formula is C23H18BrN3OS. The van der Waals surface area contributed by atoms with Crippen molar-refractivity contribution >= 4 is 38.1 Å². The van der Waals surface area contributed by atoms with E-state index in [0.29, 0.717) is 10.8 Å². The van der Waals surface area contributed by atoms with Crippen LogP contribution in [0.1, 0.15) is 17.2 Å². The zero-order valence-electron chi connectivity index (χ0n) is 15.4. The summed E-state index contributed by atoms with van der Waals surface area (Å²) >= 11 is 4.92. The summed E-state index contributed by atoms with van der Waals surface area (Å²) in [7, 11) is 0. The fraction of sp³-hybridized carbons (Fsp3) is 0.0435. The monoisotopic (exact) mass is 463 g/mol. The molecule has 0 fully saturated rings. The van der Waals surface area contributed by atoms with Crippen molar-refractivity contribution in [3.8, 4) is 11.3 Å². The second kappa shape index (κ2) is 9.13. The van der Waals surface area contributed by atoms with Gasteiger partial charge in [0.1, 0.15) is 11.8 Å². The van der Waals surface area contributed by atoms with Gasteiger partial charge in [-0.25, -0.2) is 4.98 Å². The zero-order chi connectivity index (χ0) is 20.1. The third-order valence-electron chi connectivity index (χ3n) is 4.36. The van der Waals surface area contributed by atoms with E-state index in [1.807, 2.05) is 90.3 Å². The molecule has 1 heterocycles. The van der Waals surface area contributed by atoms with E-state index in [9.17, 15) is 5.11 Å². The molecule has 6 heteroatoms. The van der Waals surface area contributed by atoms with Crippen LogP contribution in [-0.2, 0) is 0 Å². The van der Waals surface area contributed by atoms with Crippen LogP contribution >= 0.6 is 27.3 Å². The number of aromatic nitrogens is 1. The molecule has 4 aromatic rings. The third-order valence-corrected chi connectivity index (χ3v) is 5.64. The van der Waals surface area contributed by atoms with Gasteiger partial charge in [0.15, 0.2) is 0 Å². The van der Waals surface area contributed by atoms with Crippen LogP contribution in [0.25, 0.3) is 11.3 Å². The third kappa shape index (κ3) is 4.79. The molecule has 1 atom stereocenters. The van der Waals surface area contributed by atoms with Crippen LogP contribution in [0, 0.1) is 0 Å². The van der Waals surface area contributed by atoms with Gasteiger partial charge in [-0.3, -0.25) is 5.43 Å². The Bertz CT molecular complexity index is 1100. The molecular weight excluding hydrogens is 446 g/mol. The lowest BCUT2D eigenvalue weighted by molar-refractivity contribution is 0.248. The summed E-state index contributed by atoms with van der Waals surface area (Å²) in [6.45, 7) is 0. The van der Waals surface area contributed by atoms with Crippen molar-refractivity contribution in [1.29, 1.82) is 0 Å². The van der Waals surface area contributed by atoms with Gasteiger partial charge in [-0.05, 0) is 17.7 Å². The number of benzene rings is 3. The van der Waals surface area contributed by atoms with Crippen LogP contribution in [-0.4, -0.2) is 15.8 Å². The van der Waals surface area contributed by atoms with Crippen molar-refractivity contribution in [2.75, 3.05) is 5.43 Å². The Morgan fingerprint density at radius 1 is 0.931 bits per heavy atom. The molecule has 144 valence electrons.